The highest BCUT2D eigenvalue weighted by Crippen LogP contribution is 2.15. The Labute approximate surface area is 84.6 Å². The summed E-state index contributed by atoms with van der Waals surface area (Å²) in [4.78, 5) is 11.5. The lowest BCUT2D eigenvalue weighted by Crippen LogP contribution is -2.28. The summed E-state index contributed by atoms with van der Waals surface area (Å²) in [5, 5.41) is -0.478. The van der Waals surface area contributed by atoms with E-state index >= 15 is 0 Å². The zero-order chi connectivity index (χ0) is 10.8. The molecule has 0 saturated carbocycles. The van der Waals surface area contributed by atoms with Crippen LogP contribution in [0.5, 0.6) is 0 Å². The molecular formula is C9H16O4S. The molecule has 0 N–H and O–H groups in total. The van der Waals surface area contributed by atoms with Gasteiger partial charge in [-0.1, -0.05) is 0 Å². The molecule has 0 spiro atoms. The summed E-state index contributed by atoms with van der Waals surface area (Å²) in [5.74, 6) is -0.738. The average Bonchev–Trinajstić information content (AvgIpc) is 2.54. The lowest BCUT2D eigenvalue weighted by Gasteiger charge is -2.09. The Bertz CT molecular complexity index is 299. The third kappa shape index (κ3) is 2.78. The van der Waals surface area contributed by atoms with Gasteiger partial charge in [-0.25, -0.2) is 8.42 Å². The minimum absolute atomic E-state index is 0.198. The van der Waals surface area contributed by atoms with Gasteiger partial charge in [0.2, 0.25) is 0 Å². The molecule has 0 aromatic heterocycles. The molecule has 5 heteroatoms. The van der Waals surface area contributed by atoms with Crippen LogP contribution < -0.4 is 0 Å². The van der Waals surface area contributed by atoms with Crippen LogP contribution in [-0.2, 0) is 19.4 Å². The first-order valence-electron chi connectivity index (χ1n) is 4.75. The third-order valence-electron chi connectivity index (χ3n) is 2.45. The molecule has 1 aliphatic rings. The molecule has 82 valence electrons. The second-order valence-corrected chi connectivity index (χ2v) is 6.44. The van der Waals surface area contributed by atoms with Gasteiger partial charge in [0.15, 0.2) is 15.6 Å². The van der Waals surface area contributed by atoms with E-state index < -0.39 is 15.1 Å². The van der Waals surface area contributed by atoms with Gasteiger partial charge in [0.1, 0.15) is 5.75 Å². The van der Waals surface area contributed by atoms with Crippen molar-refractivity contribution >= 4 is 15.6 Å². The third-order valence-corrected chi connectivity index (χ3v) is 4.57. The highest BCUT2D eigenvalue weighted by molar-refractivity contribution is 7.92. The molecule has 1 saturated heterocycles. The van der Waals surface area contributed by atoms with Gasteiger partial charge >= 0.3 is 0 Å². The van der Waals surface area contributed by atoms with Gasteiger partial charge in [0.05, 0.1) is 11.9 Å². The van der Waals surface area contributed by atoms with Crippen molar-refractivity contribution in [3.63, 3.8) is 0 Å². The number of carbonyl (C=O) groups excluding carboxylic acids is 1. The summed E-state index contributed by atoms with van der Waals surface area (Å²) in [6, 6.07) is 0. The molecule has 14 heavy (non-hydrogen) atoms. The molecule has 0 aliphatic carbocycles. The van der Waals surface area contributed by atoms with E-state index in [1.807, 2.05) is 0 Å². The van der Waals surface area contributed by atoms with Crippen molar-refractivity contribution in [1.82, 2.24) is 0 Å². The van der Waals surface area contributed by atoms with Gasteiger partial charge in [0, 0.05) is 12.5 Å². The first-order valence-corrected chi connectivity index (χ1v) is 6.47. The van der Waals surface area contributed by atoms with Crippen molar-refractivity contribution in [2.45, 2.75) is 25.5 Å². The molecule has 1 aliphatic heterocycles. The number of Topliss-reactive ketones (excluding diaryl/α,β-unsaturated/α-hetero) is 1. The van der Waals surface area contributed by atoms with Gasteiger partial charge in [-0.3, -0.25) is 4.79 Å². The quantitative estimate of drug-likeness (QED) is 0.688. The van der Waals surface area contributed by atoms with Crippen LogP contribution in [0.2, 0.25) is 0 Å². The molecule has 1 rings (SSSR count). The van der Waals surface area contributed by atoms with E-state index in [0.29, 0.717) is 19.6 Å². The minimum atomic E-state index is -3.24. The highest BCUT2D eigenvalue weighted by atomic mass is 32.2. The van der Waals surface area contributed by atoms with Crippen LogP contribution in [0.4, 0.5) is 0 Å². The fourth-order valence-corrected chi connectivity index (χ4v) is 2.24. The van der Waals surface area contributed by atoms with E-state index in [2.05, 4.69) is 0 Å². The van der Waals surface area contributed by atoms with Crippen LogP contribution in [0.1, 0.15) is 20.3 Å². The lowest BCUT2D eigenvalue weighted by atomic mass is 10.1. The van der Waals surface area contributed by atoms with Crippen LogP contribution in [0.3, 0.4) is 0 Å². The van der Waals surface area contributed by atoms with Crippen molar-refractivity contribution in [3.05, 3.63) is 0 Å². The lowest BCUT2D eigenvalue weighted by molar-refractivity contribution is -0.120. The van der Waals surface area contributed by atoms with Crippen LogP contribution in [-0.4, -0.2) is 38.4 Å². The number of hydrogen-bond acceptors (Lipinski definition) is 4. The summed E-state index contributed by atoms with van der Waals surface area (Å²) in [5.41, 5.74) is 0. The smallest absolute Gasteiger partial charge is 0.159 e. The summed E-state index contributed by atoms with van der Waals surface area (Å²) in [7, 11) is -3.24. The van der Waals surface area contributed by atoms with Gasteiger partial charge in [-0.2, -0.15) is 0 Å². The summed E-state index contributed by atoms with van der Waals surface area (Å²) < 4.78 is 27.9. The van der Waals surface area contributed by atoms with E-state index in [1.54, 1.807) is 13.8 Å². The molecule has 1 fully saturated rings. The molecule has 0 aromatic rings. The highest BCUT2D eigenvalue weighted by Gasteiger charge is 2.28. The van der Waals surface area contributed by atoms with Crippen LogP contribution in [0.15, 0.2) is 0 Å². The van der Waals surface area contributed by atoms with Crippen LogP contribution >= 0.6 is 0 Å². The Morgan fingerprint density at radius 3 is 2.57 bits per heavy atom. The SMILES string of the molecule is CC(C)S(=O)(=O)CC(=O)C1CCOC1. The number of ketones is 1. The zero-order valence-electron chi connectivity index (χ0n) is 8.52. The summed E-state index contributed by atoms with van der Waals surface area (Å²) in [6.45, 7) is 4.13. The van der Waals surface area contributed by atoms with Crippen molar-refractivity contribution in [3.8, 4) is 0 Å². The number of hydrogen-bond donors (Lipinski definition) is 0. The van der Waals surface area contributed by atoms with E-state index in [-0.39, 0.29) is 17.5 Å². The second kappa shape index (κ2) is 4.40. The summed E-state index contributed by atoms with van der Waals surface area (Å²) >= 11 is 0. The first kappa shape index (κ1) is 11.7. The average molecular weight is 220 g/mol. The first-order chi connectivity index (χ1) is 6.43. The maximum Gasteiger partial charge on any atom is 0.159 e. The summed E-state index contributed by atoms with van der Waals surface area (Å²) in [6.07, 6.45) is 0.659. The molecule has 4 nitrogen and oxygen atoms in total. The Hall–Kier alpha value is -0.420. The Kier molecular flexibility index (Phi) is 3.66. The zero-order valence-corrected chi connectivity index (χ0v) is 9.34. The Balaban J connectivity index is 2.56. The molecule has 1 atom stereocenters. The van der Waals surface area contributed by atoms with E-state index in [9.17, 15) is 13.2 Å². The number of sulfone groups is 1. The molecular weight excluding hydrogens is 204 g/mol. The predicted molar refractivity (Wildman–Crippen MR) is 52.9 cm³/mol. The fourth-order valence-electron chi connectivity index (χ4n) is 1.27. The second-order valence-electron chi connectivity index (χ2n) is 3.88. The maximum absolute atomic E-state index is 11.5. The van der Waals surface area contributed by atoms with E-state index in [0.717, 1.165) is 0 Å². The van der Waals surface area contributed by atoms with Gasteiger partial charge in [-0.15, -0.1) is 0 Å². The molecule has 0 radical (unpaired) electrons. The minimum Gasteiger partial charge on any atom is -0.381 e. The van der Waals surface area contributed by atoms with Crippen molar-refractivity contribution in [2.75, 3.05) is 19.0 Å². The normalized spacial score (nSPS) is 22.9. The van der Waals surface area contributed by atoms with Crippen molar-refractivity contribution in [1.29, 1.82) is 0 Å². The molecule has 1 unspecified atom stereocenters. The Morgan fingerprint density at radius 2 is 2.14 bits per heavy atom. The largest absolute Gasteiger partial charge is 0.381 e. The predicted octanol–water partition coefficient (Wildman–Crippen LogP) is 0.415. The monoisotopic (exact) mass is 220 g/mol. The number of rotatable bonds is 4. The maximum atomic E-state index is 11.5. The van der Waals surface area contributed by atoms with Gasteiger partial charge in [0.25, 0.3) is 0 Å². The van der Waals surface area contributed by atoms with Crippen LogP contribution in [0.25, 0.3) is 0 Å². The molecule has 0 amide bonds. The van der Waals surface area contributed by atoms with Gasteiger partial charge < -0.3 is 4.74 Å². The standard InChI is InChI=1S/C9H16O4S/c1-7(2)14(11,12)6-9(10)8-3-4-13-5-8/h7-8H,3-6H2,1-2H3. The van der Waals surface area contributed by atoms with Crippen LogP contribution in [0, 0.1) is 5.92 Å². The Morgan fingerprint density at radius 1 is 1.50 bits per heavy atom. The number of ether oxygens (including phenoxy) is 1. The molecule has 1 heterocycles. The number of carbonyl (C=O) groups is 1. The van der Waals surface area contributed by atoms with Gasteiger partial charge in [-0.05, 0) is 20.3 Å². The van der Waals surface area contributed by atoms with Crippen molar-refractivity contribution in [2.24, 2.45) is 5.92 Å². The van der Waals surface area contributed by atoms with Crippen molar-refractivity contribution < 1.29 is 17.9 Å². The molecule has 0 bridgehead atoms. The van der Waals surface area contributed by atoms with E-state index in [4.69, 9.17) is 4.74 Å². The topological polar surface area (TPSA) is 60.4 Å². The fraction of sp³-hybridized carbons (Fsp3) is 0.889. The van der Waals surface area contributed by atoms with E-state index in [1.165, 1.54) is 0 Å². The molecule has 0 aromatic carbocycles.